The van der Waals surface area contributed by atoms with E-state index in [0.29, 0.717) is 19.4 Å². The van der Waals surface area contributed by atoms with E-state index in [1.807, 2.05) is 20.9 Å². The summed E-state index contributed by atoms with van der Waals surface area (Å²) in [5.74, 6) is -1.36. The van der Waals surface area contributed by atoms with Crippen molar-refractivity contribution in [3.8, 4) is 0 Å². The van der Waals surface area contributed by atoms with Gasteiger partial charge in [0.1, 0.15) is 23.6 Å². The Morgan fingerprint density at radius 1 is 1.21 bits per heavy atom. The molecule has 0 N–H and O–H groups in total. The number of carbonyl (C=O) groups excluding carboxylic acids is 1. The highest BCUT2D eigenvalue weighted by Gasteiger charge is 2.33. The fraction of sp³-hybridized carbons (Fsp3) is 0.500. The van der Waals surface area contributed by atoms with E-state index in [2.05, 4.69) is 4.90 Å². The smallest absolute Gasteiger partial charge is 0.150 e. The third kappa shape index (κ3) is 2.61. The second kappa shape index (κ2) is 4.89. The summed E-state index contributed by atoms with van der Waals surface area (Å²) in [7, 11) is 2.00. The maximum Gasteiger partial charge on any atom is 0.150 e. The zero-order valence-electron chi connectivity index (χ0n) is 11.4. The minimum absolute atomic E-state index is 0.0205. The van der Waals surface area contributed by atoms with E-state index >= 15 is 0 Å². The van der Waals surface area contributed by atoms with Crippen LogP contribution in [0, 0.1) is 11.6 Å². The number of hydrogen-bond acceptors (Lipinski definition) is 3. The molecular weight excluding hydrogens is 250 g/mol. The Labute approximate surface area is 111 Å². The number of anilines is 1. The lowest BCUT2D eigenvalue weighted by Gasteiger charge is -2.46. The van der Waals surface area contributed by atoms with Crippen LogP contribution < -0.4 is 4.90 Å². The minimum atomic E-state index is -0.678. The van der Waals surface area contributed by atoms with E-state index in [4.69, 9.17) is 0 Å². The molecule has 0 spiro atoms. The molecule has 1 heterocycles. The van der Waals surface area contributed by atoms with Crippen LogP contribution in [-0.4, -0.2) is 43.4 Å². The molecule has 0 saturated carbocycles. The highest BCUT2D eigenvalue weighted by molar-refractivity contribution is 5.76. The largest absolute Gasteiger partial charge is 0.364 e. The van der Waals surface area contributed by atoms with Crippen LogP contribution in [0.1, 0.15) is 24.2 Å². The number of benzene rings is 1. The van der Waals surface area contributed by atoms with Gasteiger partial charge in [-0.05, 0) is 33.0 Å². The molecule has 0 radical (unpaired) electrons. The molecule has 0 aliphatic carbocycles. The lowest BCUT2D eigenvalue weighted by molar-refractivity contribution is 0.112. The van der Waals surface area contributed by atoms with Crippen molar-refractivity contribution in [2.75, 3.05) is 31.6 Å². The van der Waals surface area contributed by atoms with Crippen LogP contribution in [0.25, 0.3) is 0 Å². The summed E-state index contributed by atoms with van der Waals surface area (Å²) in [5, 5.41) is 0. The molecule has 3 nitrogen and oxygen atoms in total. The molecule has 19 heavy (non-hydrogen) atoms. The molecular formula is C14H18F2N2O. The first-order chi connectivity index (χ1) is 8.85. The molecule has 1 aromatic carbocycles. The Morgan fingerprint density at radius 3 is 2.26 bits per heavy atom. The molecule has 5 heteroatoms. The first-order valence-electron chi connectivity index (χ1n) is 6.25. The number of nitrogens with zero attached hydrogens (tertiary/aromatic N) is 2. The molecule has 0 amide bonds. The van der Waals surface area contributed by atoms with Crippen LogP contribution >= 0.6 is 0 Å². The first-order valence-corrected chi connectivity index (χ1v) is 6.25. The topological polar surface area (TPSA) is 23.6 Å². The predicted molar refractivity (Wildman–Crippen MR) is 70.7 cm³/mol. The highest BCUT2D eigenvalue weighted by atomic mass is 19.1. The van der Waals surface area contributed by atoms with Gasteiger partial charge in [0.2, 0.25) is 0 Å². The molecule has 0 atom stereocenters. The summed E-state index contributed by atoms with van der Waals surface area (Å²) in [6.45, 7) is 5.91. The standard InChI is InChI=1S/C14H18F2N2O/c1-14(2)9-18(5-4-17(14)3)13-11(15)6-10(8-19)7-12(13)16/h6-8H,4-5,9H2,1-3H3. The van der Waals surface area contributed by atoms with Gasteiger partial charge in [-0.2, -0.15) is 0 Å². The number of hydrogen-bond donors (Lipinski definition) is 0. The average Bonchev–Trinajstić information content (AvgIpc) is 2.32. The van der Waals surface area contributed by atoms with E-state index in [-0.39, 0.29) is 16.8 Å². The van der Waals surface area contributed by atoms with E-state index < -0.39 is 11.6 Å². The second-order valence-corrected chi connectivity index (χ2v) is 5.61. The van der Waals surface area contributed by atoms with Gasteiger partial charge in [0.25, 0.3) is 0 Å². The maximum atomic E-state index is 14.0. The van der Waals surface area contributed by atoms with Gasteiger partial charge >= 0.3 is 0 Å². The average molecular weight is 268 g/mol. The van der Waals surface area contributed by atoms with Crippen molar-refractivity contribution in [3.63, 3.8) is 0 Å². The molecule has 1 aliphatic rings. The summed E-state index contributed by atoms with van der Waals surface area (Å²) in [6.07, 6.45) is 0.448. The van der Waals surface area contributed by atoms with Gasteiger partial charge in [-0.1, -0.05) is 0 Å². The zero-order valence-corrected chi connectivity index (χ0v) is 11.4. The Bertz CT molecular complexity index is 479. The van der Waals surface area contributed by atoms with Crippen LogP contribution in [-0.2, 0) is 0 Å². The van der Waals surface area contributed by atoms with Gasteiger partial charge in [0.15, 0.2) is 0 Å². The quantitative estimate of drug-likeness (QED) is 0.769. The first kappa shape index (κ1) is 13.9. The van der Waals surface area contributed by atoms with E-state index in [9.17, 15) is 13.6 Å². The van der Waals surface area contributed by atoms with Crippen LogP contribution in [0.5, 0.6) is 0 Å². The molecule has 0 aromatic heterocycles. The summed E-state index contributed by atoms with van der Waals surface area (Å²) in [6, 6.07) is 2.16. The number of aldehydes is 1. The van der Waals surface area contributed by atoms with Crippen molar-refractivity contribution >= 4 is 12.0 Å². The van der Waals surface area contributed by atoms with Gasteiger partial charge in [-0.3, -0.25) is 9.69 Å². The third-order valence-electron chi connectivity index (χ3n) is 3.81. The van der Waals surface area contributed by atoms with Gasteiger partial charge in [0, 0.05) is 30.7 Å². The summed E-state index contributed by atoms with van der Waals surface area (Å²) in [5.41, 5.74) is -0.167. The summed E-state index contributed by atoms with van der Waals surface area (Å²) < 4.78 is 28.0. The van der Waals surface area contributed by atoms with E-state index in [1.54, 1.807) is 4.90 Å². The van der Waals surface area contributed by atoms with Crippen LogP contribution in [0.15, 0.2) is 12.1 Å². The van der Waals surface area contributed by atoms with Crippen LogP contribution in [0.3, 0.4) is 0 Å². The van der Waals surface area contributed by atoms with Crippen molar-refractivity contribution in [2.45, 2.75) is 19.4 Å². The Hall–Kier alpha value is -1.49. The monoisotopic (exact) mass is 268 g/mol. The normalized spacial score (nSPS) is 19.5. The zero-order chi connectivity index (χ0) is 14.2. The van der Waals surface area contributed by atoms with Crippen molar-refractivity contribution < 1.29 is 13.6 Å². The Balaban J connectivity index is 2.35. The minimum Gasteiger partial charge on any atom is -0.364 e. The highest BCUT2D eigenvalue weighted by Crippen LogP contribution is 2.29. The lowest BCUT2D eigenvalue weighted by atomic mass is 9.99. The number of likely N-dealkylation sites (N-methyl/N-ethyl adjacent to an activating group) is 1. The van der Waals surface area contributed by atoms with Crippen LogP contribution in [0.4, 0.5) is 14.5 Å². The van der Waals surface area contributed by atoms with Crippen molar-refractivity contribution in [2.24, 2.45) is 0 Å². The molecule has 0 unspecified atom stereocenters. The van der Waals surface area contributed by atoms with Gasteiger partial charge in [-0.25, -0.2) is 8.78 Å². The number of rotatable bonds is 2. The Kier molecular flexibility index (Phi) is 3.58. The van der Waals surface area contributed by atoms with Crippen molar-refractivity contribution in [1.29, 1.82) is 0 Å². The molecule has 1 fully saturated rings. The van der Waals surface area contributed by atoms with Gasteiger partial charge < -0.3 is 4.90 Å². The number of carbonyl (C=O) groups is 1. The van der Waals surface area contributed by atoms with Crippen molar-refractivity contribution in [1.82, 2.24) is 4.90 Å². The lowest BCUT2D eigenvalue weighted by Crippen LogP contribution is -2.58. The summed E-state index contributed by atoms with van der Waals surface area (Å²) in [4.78, 5) is 14.5. The fourth-order valence-electron chi connectivity index (χ4n) is 2.39. The molecule has 1 saturated heterocycles. The maximum absolute atomic E-state index is 14.0. The second-order valence-electron chi connectivity index (χ2n) is 5.61. The Morgan fingerprint density at radius 2 is 1.79 bits per heavy atom. The molecule has 104 valence electrons. The predicted octanol–water partition coefficient (Wildman–Crippen LogP) is 2.31. The SMILES string of the molecule is CN1CCN(c2c(F)cc(C=O)cc2F)CC1(C)C. The van der Waals surface area contributed by atoms with Gasteiger partial charge in [0.05, 0.1) is 0 Å². The number of halogens is 2. The fourth-order valence-corrected chi connectivity index (χ4v) is 2.39. The van der Waals surface area contributed by atoms with Gasteiger partial charge in [-0.15, -0.1) is 0 Å². The molecule has 0 bridgehead atoms. The molecule has 2 rings (SSSR count). The number of piperazine rings is 1. The molecule has 1 aliphatic heterocycles. The van der Waals surface area contributed by atoms with Crippen LogP contribution in [0.2, 0.25) is 0 Å². The summed E-state index contributed by atoms with van der Waals surface area (Å²) >= 11 is 0. The third-order valence-corrected chi connectivity index (χ3v) is 3.81. The van der Waals surface area contributed by atoms with Crippen molar-refractivity contribution in [3.05, 3.63) is 29.3 Å². The van der Waals surface area contributed by atoms with E-state index in [1.165, 1.54) is 0 Å². The molecule has 1 aromatic rings. The van der Waals surface area contributed by atoms with E-state index in [0.717, 1.165) is 18.7 Å².